The lowest BCUT2D eigenvalue weighted by Crippen LogP contribution is -2.30. The number of likely N-dealkylation sites (N-methyl/N-ethyl adjacent to an activating group) is 1. The van der Waals surface area contributed by atoms with E-state index in [0.29, 0.717) is 5.02 Å². The minimum absolute atomic E-state index is 0.192. The van der Waals surface area contributed by atoms with E-state index in [2.05, 4.69) is 5.32 Å². The van der Waals surface area contributed by atoms with Crippen molar-refractivity contribution < 1.29 is 4.39 Å². The SMILES string of the molecule is CNC(Cc1ccccc1Cl)Cc1ccc(F)cc1Cl. The van der Waals surface area contributed by atoms with Crippen molar-refractivity contribution in [3.8, 4) is 0 Å². The predicted octanol–water partition coefficient (Wildman–Crippen LogP) is 4.51. The average molecular weight is 312 g/mol. The van der Waals surface area contributed by atoms with E-state index in [1.807, 2.05) is 31.3 Å². The Kier molecular flexibility index (Phi) is 5.41. The fourth-order valence-corrected chi connectivity index (χ4v) is 2.62. The maximum atomic E-state index is 13.0. The van der Waals surface area contributed by atoms with Gasteiger partial charge in [0.05, 0.1) is 0 Å². The Bertz CT molecular complexity index is 586. The Balaban J connectivity index is 2.11. The van der Waals surface area contributed by atoms with Crippen LogP contribution in [-0.2, 0) is 12.8 Å². The van der Waals surface area contributed by atoms with Gasteiger partial charge in [-0.2, -0.15) is 0 Å². The molecule has 0 amide bonds. The fourth-order valence-electron chi connectivity index (χ4n) is 2.16. The first-order chi connectivity index (χ1) is 9.60. The highest BCUT2D eigenvalue weighted by atomic mass is 35.5. The van der Waals surface area contributed by atoms with E-state index in [1.54, 1.807) is 6.07 Å². The van der Waals surface area contributed by atoms with Crippen molar-refractivity contribution in [2.24, 2.45) is 0 Å². The zero-order chi connectivity index (χ0) is 14.5. The van der Waals surface area contributed by atoms with Crippen LogP contribution in [0.3, 0.4) is 0 Å². The third kappa shape index (κ3) is 3.95. The topological polar surface area (TPSA) is 12.0 Å². The fraction of sp³-hybridized carbons (Fsp3) is 0.250. The zero-order valence-corrected chi connectivity index (χ0v) is 12.7. The number of rotatable bonds is 5. The maximum Gasteiger partial charge on any atom is 0.124 e. The first kappa shape index (κ1) is 15.3. The Morgan fingerprint density at radius 1 is 1.00 bits per heavy atom. The smallest absolute Gasteiger partial charge is 0.124 e. The van der Waals surface area contributed by atoms with E-state index in [0.717, 1.165) is 29.0 Å². The summed E-state index contributed by atoms with van der Waals surface area (Å²) in [4.78, 5) is 0. The second-order valence-corrected chi connectivity index (χ2v) is 5.54. The molecule has 2 rings (SSSR count). The second kappa shape index (κ2) is 7.07. The van der Waals surface area contributed by atoms with Crippen LogP contribution in [0.15, 0.2) is 42.5 Å². The largest absolute Gasteiger partial charge is 0.316 e. The Labute approximate surface area is 128 Å². The molecule has 0 aliphatic heterocycles. The standard InChI is InChI=1S/C16H16Cl2FN/c1-20-14(8-11-4-2-3-5-15(11)17)9-12-6-7-13(19)10-16(12)18/h2-7,10,14,20H,8-9H2,1H3. The Hall–Kier alpha value is -1.09. The van der Waals surface area contributed by atoms with Gasteiger partial charge in [-0.05, 0) is 49.2 Å². The lowest BCUT2D eigenvalue weighted by Gasteiger charge is -2.18. The van der Waals surface area contributed by atoms with Gasteiger partial charge in [0.2, 0.25) is 0 Å². The molecule has 0 radical (unpaired) electrons. The lowest BCUT2D eigenvalue weighted by atomic mass is 9.99. The summed E-state index contributed by atoms with van der Waals surface area (Å²) in [7, 11) is 1.90. The van der Waals surface area contributed by atoms with Crippen molar-refractivity contribution in [2.75, 3.05) is 7.05 Å². The van der Waals surface area contributed by atoms with Crippen molar-refractivity contribution >= 4 is 23.2 Å². The van der Waals surface area contributed by atoms with Crippen molar-refractivity contribution in [1.82, 2.24) is 5.32 Å². The van der Waals surface area contributed by atoms with Crippen LogP contribution >= 0.6 is 23.2 Å². The molecule has 0 heterocycles. The second-order valence-electron chi connectivity index (χ2n) is 4.72. The van der Waals surface area contributed by atoms with Crippen molar-refractivity contribution in [2.45, 2.75) is 18.9 Å². The van der Waals surface area contributed by atoms with Crippen LogP contribution < -0.4 is 5.32 Å². The molecule has 2 aromatic rings. The molecule has 1 unspecified atom stereocenters. The molecule has 1 nitrogen and oxygen atoms in total. The first-order valence-corrected chi connectivity index (χ1v) is 7.20. The summed E-state index contributed by atoms with van der Waals surface area (Å²) in [6, 6.07) is 12.5. The molecule has 0 saturated carbocycles. The number of hydrogen-bond donors (Lipinski definition) is 1. The molecule has 0 bridgehead atoms. The highest BCUT2D eigenvalue weighted by molar-refractivity contribution is 6.31. The third-order valence-electron chi connectivity index (χ3n) is 3.31. The molecule has 0 saturated heterocycles. The van der Waals surface area contributed by atoms with Crippen LogP contribution in [0.1, 0.15) is 11.1 Å². The van der Waals surface area contributed by atoms with Crippen LogP contribution in [0.5, 0.6) is 0 Å². The van der Waals surface area contributed by atoms with Gasteiger partial charge in [0, 0.05) is 16.1 Å². The minimum atomic E-state index is -0.314. The zero-order valence-electron chi connectivity index (χ0n) is 11.2. The van der Waals surface area contributed by atoms with E-state index in [1.165, 1.54) is 12.1 Å². The molecule has 20 heavy (non-hydrogen) atoms. The van der Waals surface area contributed by atoms with E-state index in [9.17, 15) is 4.39 Å². The molecular weight excluding hydrogens is 296 g/mol. The van der Waals surface area contributed by atoms with Gasteiger partial charge in [0.25, 0.3) is 0 Å². The summed E-state index contributed by atoms with van der Waals surface area (Å²) in [5, 5.41) is 4.48. The molecule has 0 fully saturated rings. The van der Waals surface area contributed by atoms with Gasteiger partial charge in [-0.1, -0.05) is 47.5 Å². The quantitative estimate of drug-likeness (QED) is 0.857. The van der Waals surface area contributed by atoms with E-state index < -0.39 is 0 Å². The summed E-state index contributed by atoms with van der Waals surface area (Å²) in [5.41, 5.74) is 2.02. The molecule has 4 heteroatoms. The number of halogens is 3. The van der Waals surface area contributed by atoms with Gasteiger partial charge in [0.1, 0.15) is 5.82 Å². The van der Waals surface area contributed by atoms with Crippen LogP contribution in [0, 0.1) is 5.82 Å². The van der Waals surface area contributed by atoms with Crippen LogP contribution in [0.25, 0.3) is 0 Å². The van der Waals surface area contributed by atoms with Crippen LogP contribution in [0.4, 0.5) is 4.39 Å². The van der Waals surface area contributed by atoms with Gasteiger partial charge in [0.15, 0.2) is 0 Å². The van der Waals surface area contributed by atoms with Crippen LogP contribution in [0.2, 0.25) is 10.0 Å². The number of benzene rings is 2. The summed E-state index contributed by atoms with van der Waals surface area (Å²) >= 11 is 12.2. The van der Waals surface area contributed by atoms with Crippen molar-refractivity contribution in [1.29, 1.82) is 0 Å². The van der Waals surface area contributed by atoms with Crippen LogP contribution in [-0.4, -0.2) is 13.1 Å². The van der Waals surface area contributed by atoms with E-state index in [4.69, 9.17) is 23.2 Å². The lowest BCUT2D eigenvalue weighted by molar-refractivity contribution is 0.555. The Morgan fingerprint density at radius 3 is 2.25 bits per heavy atom. The maximum absolute atomic E-state index is 13.0. The molecular formula is C16H16Cl2FN. The molecule has 2 aromatic carbocycles. The normalized spacial score (nSPS) is 12.4. The van der Waals surface area contributed by atoms with Gasteiger partial charge >= 0.3 is 0 Å². The third-order valence-corrected chi connectivity index (χ3v) is 4.03. The minimum Gasteiger partial charge on any atom is -0.316 e. The summed E-state index contributed by atoms with van der Waals surface area (Å²) in [6.07, 6.45) is 1.52. The Morgan fingerprint density at radius 2 is 1.65 bits per heavy atom. The number of nitrogens with one attached hydrogen (secondary N) is 1. The van der Waals surface area contributed by atoms with Crippen molar-refractivity contribution in [3.05, 3.63) is 69.5 Å². The monoisotopic (exact) mass is 311 g/mol. The average Bonchev–Trinajstić information content (AvgIpc) is 2.43. The summed E-state index contributed by atoms with van der Waals surface area (Å²) in [5.74, 6) is -0.314. The van der Waals surface area contributed by atoms with E-state index >= 15 is 0 Å². The summed E-state index contributed by atoms with van der Waals surface area (Å²) in [6.45, 7) is 0. The van der Waals surface area contributed by atoms with Gasteiger partial charge in [-0.15, -0.1) is 0 Å². The van der Waals surface area contributed by atoms with Crippen molar-refractivity contribution in [3.63, 3.8) is 0 Å². The highest BCUT2D eigenvalue weighted by Gasteiger charge is 2.12. The molecule has 1 N–H and O–H groups in total. The number of hydrogen-bond acceptors (Lipinski definition) is 1. The molecule has 0 aliphatic rings. The van der Waals surface area contributed by atoms with E-state index in [-0.39, 0.29) is 11.9 Å². The molecule has 0 aromatic heterocycles. The molecule has 1 atom stereocenters. The molecule has 106 valence electrons. The van der Waals surface area contributed by atoms with Gasteiger partial charge in [-0.3, -0.25) is 0 Å². The van der Waals surface area contributed by atoms with Gasteiger partial charge < -0.3 is 5.32 Å². The first-order valence-electron chi connectivity index (χ1n) is 6.44. The highest BCUT2D eigenvalue weighted by Crippen LogP contribution is 2.22. The summed E-state index contributed by atoms with van der Waals surface area (Å²) < 4.78 is 13.0. The predicted molar refractivity (Wildman–Crippen MR) is 83.1 cm³/mol. The van der Waals surface area contributed by atoms with Gasteiger partial charge in [-0.25, -0.2) is 4.39 Å². The molecule has 0 aliphatic carbocycles. The molecule has 0 spiro atoms.